The Balaban J connectivity index is 2.51. The Hall–Kier alpha value is -2.25. The van der Waals surface area contributed by atoms with Crippen LogP contribution in [0.4, 0.5) is 23.7 Å². The number of carbonyl (C=O) groups excluding carboxylic acids is 1. The smallest absolute Gasteiger partial charge is 0.413 e. The Morgan fingerprint density at radius 1 is 1.33 bits per heavy atom. The minimum Gasteiger partial charge on any atom is -0.478 e. The molecule has 96 valence electrons. The van der Waals surface area contributed by atoms with E-state index in [4.69, 9.17) is 5.11 Å². The zero-order valence-corrected chi connectivity index (χ0v) is 8.71. The van der Waals surface area contributed by atoms with Crippen LogP contribution in [0.5, 0.6) is 0 Å². The van der Waals surface area contributed by atoms with Crippen LogP contribution in [0.2, 0.25) is 0 Å². The molecular formula is C10H7F3N2O3. The summed E-state index contributed by atoms with van der Waals surface area (Å²) in [5.74, 6) is -1.28. The second kappa shape index (κ2) is 3.90. The number of fused-ring (bicyclic) bond motifs is 1. The normalized spacial score (nSPS) is 18.6. The summed E-state index contributed by atoms with van der Waals surface area (Å²) in [6, 6.07) is -0.0751. The highest BCUT2D eigenvalue weighted by molar-refractivity contribution is 5.96. The van der Waals surface area contributed by atoms with Crippen molar-refractivity contribution in [2.24, 2.45) is 0 Å². The number of halogens is 3. The van der Waals surface area contributed by atoms with Crippen LogP contribution in [-0.2, 0) is 0 Å². The molecule has 2 amide bonds. The fraction of sp³-hybridized carbons (Fsp3) is 0.200. The van der Waals surface area contributed by atoms with E-state index in [1.54, 1.807) is 5.32 Å². The molecule has 1 heterocycles. The average Bonchev–Trinajstić information content (AvgIpc) is 2.25. The van der Waals surface area contributed by atoms with Gasteiger partial charge in [0.1, 0.15) is 0 Å². The standard InChI is InChI=1S/C10H7F3N2O3/c11-10(12,13)7-5-2-1-4(8(16)17)3-6(5)14-9(18)15-7/h1-3,7H,(H,16,17)(H2,14,15,18). The number of rotatable bonds is 1. The van der Waals surface area contributed by atoms with Crippen molar-refractivity contribution in [3.63, 3.8) is 0 Å². The van der Waals surface area contributed by atoms with Gasteiger partial charge in [-0.3, -0.25) is 0 Å². The van der Waals surface area contributed by atoms with E-state index < -0.39 is 24.2 Å². The molecule has 1 aromatic rings. The third-order valence-electron chi connectivity index (χ3n) is 2.46. The second-order valence-corrected chi connectivity index (χ2v) is 3.68. The van der Waals surface area contributed by atoms with Gasteiger partial charge in [-0.1, -0.05) is 6.07 Å². The van der Waals surface area contributed by atoms with Crippen molar-refractivity contribution in [2.45, 2.75) is 12.2 Å². The van der Waals surface area contributed by atoms with Crippen molar-refractivity contribution in [3.05, 3.63) is 29.3 Å². The van der Waals surface area contributed by atoms with Gasteiger partial charge in [-0.2, -0.15) is 13.2 Å². The predicted molar refractivity (Wildman–Crippen MR) is 54.4 cm³/mol. The van der Waals surface area contributed by atoms with Crippen LogP contribution in [0.3, 0.4) is 0 Å². The van der Waals surface area contributed by atoms with Crippen LogP contribution in [0.15, 0.2) is 18.2 Å². The number of alkyl halides is 3. The lowest BCUT2D eigenvalue weighted by Gasteiger charge is -2.28. The molecule has 0 spiro atoms. The van der Waals surface area contributed by atoms with Crippen LogP contribution >= 0.6 is 0 Å². The van der Waals surface area contributed by atoms with Crippen molar-refractivity contribution in [3.8, 4) is 0 Å². The minimum absolute atomic E-state index is 0.152. The molecule has 1 aromatic carbocycles. The average molecular weight is 260 g/mol. The number of hydrogen-bond acceptors (Lipinski definition) is 2. The highest BCUT2D eigenvalue weighted by Gasteiger charge is 2.45. The second-order valence-electron chi connectivity index (χ2n) is 3.68. The number of amides is 2. The first-order valence-corrected chi connectivity index (χ1v) is 4.80. The first-order valence-electron chi connectivity index (χ1n) is 4.80. The van der Waals surface area contributed by atoms with Gasteiger partial charge in [-0.25, -0.2) is 9.59 Å². The van der Waals surface area contributed by atoms with Gasteiger partial charge in [0.2, 0.25) is 0 Å². The zero-order chi connectivity index (χ0) is 13.5. The Morgan fingerprint density at radius 2 is 2.00 bits per heavy atom. The van der Waals surface area contributed by atoms with E-state index in [9.17, 15) is 22.8 Å². The van der Waals surface area contributed by atoms with Crippen LogP contribution < -0.4 is 10.6 Å². The van der Waals surface area contributed by atoms with Gasteiger partial charge in [-0.15, -0.1) is 0 Å². The molecule has 1 unspecified atom stereocenters. The van der Waals surface area contributed by atoms with Crippen molar-refractivity contribution in [1.29, 1.82) is 0 Å². The van der Waals surface area contributed by atoms with E-state index in [2.05, 4.69) is 5.32 Å². The number of anilines is 1. The van der Waals surface area contributed by atoms with E-state index in [1.165, 1.54) is 0 Å². The summed E-state index contributed by atoms with van der Waals surface area (Å²) in [5, 5.41) is 12.6. The fourth-order valence-corrected chi connectivity index (χ4v) is 1.67. The van der Waals surface area contributed by atoms with Crippen molar-refractivity contribution >= 4 is 17.7 Å². The van der Waals surface area contributed by atoms with Crippen molar-refractivity contribution in [2.75, 3.05) is 5.32 Å². The molecule has 0 aromatic heterocycles. The molecule has 5 nitrogen and oxygen atoms in total. The molecule has 3 N–H and O–H groups in total. The molecule has 0 bridgehead atoms. The third-order valence-corrected chi connectivity index (χ3v) is 2.46. The fourth-order valence-electron chi connectivity index (χ4n) is 1.67. The maximum Gasteiger partial charge on any atom is 0.413 e. The summed E-state index contributed by atoms with van der Waals surface area (Å²) in [4.78, 5) is 21.8. The lowest BCUT2D eigenvalue weighted by Crippen LogP contribution is -2.44. The summed E-state index contributed by atoms with van der Waals surface area (Å²) in [6.45, 7) is 0. The molecule has 18 heavy (non-hydrogen) atoms. The molecule has 2 rings (SSSR count). The SMILES string of the molecule is O=C1Nc2cc(C(=O)O)ccc2C(C(F)(F)F)N1. The lowest BCUT2D eigenvalue weighted by molar-refractivity contribution is -0.155. The molecular weight excluding hydrogens is 253 g/mol. The van der Waals surface area contributed by atoms with Gasteiger partial charge >= 0.3 is 18.2 Å². The third kappa shape index (κ3) is 2.08. The van der Waals surface area contributed by atoms with Gasteiger partial charge in [-0.05, 0) is 12.1 Å². The van der Waals surface area contributed by atoms with Gasteiger partial charge in [0.05, 0.1) is 5.56 Å². The van der Waals surface area contributed by atoms with Crippen LogP contribution in [-0.4, -0.2) is 23.3 Å². The van der Waals surface area contributed by atoms with Gasteiger partial charge < -0.3 is 15.7 Å². The summed E-state index contributed by atoms with van der Waals surface area (Å²) >= 11 is 0. The number of nitrogens with one attached hydrogen (secondary N) is 2. The summed E-state index contributed by atoms with van der Waals surface area (Å²) in [7, 11) is 0. The highest BCUT2D eigenvalue weighted by atomic mass is 19.4. The van der Waals surface area contributed by atoms with Crippen LogP contribution in [0, 0.1) is 0 Å². The van der Waals surface area contributed by atoms with Gasteiger partial charge in [0, 0.05) is 11.3 Å². The monoisotopic (exact) mass is 260 g/mol. The maximum absolute atomic E-state index is 12.7. The molecule has 1 aliphatic rings. The van der Waals surface area contributed by atoms with Crippen LogP contribution in [0.25, 0.3) is 0 Å². The first-order chi connectivity index (χ1) is 8.29. The number of hydrogen-bond donors (Lipinski definition) is 3. The molecule has 0 radical (unpaired) electrons. The van der Waals surface area contributed by atoms with E-state index in [0.29, 0.717) is 0 Å². The van der Waals surface area contributed by atoms with E-state index in [1.807, 2.05) is 0 Å². The Morgan fingerprint density at radius 3 is 2.56 bits per heavy atom. The number of urea groups is 1. The van der Waals surface area contributed by atoms with E-state index in [0.717, 1.165) is 18.2 Å². The highest BCUT2D eigenvalue weighted by Crippen LogP contribution is 2.38. The van der Waals surface area contributed by atoms with Gasteiger partial charge in [0.15, 0.2) is 6.04 Å². The molecule has 0 fully saturated rings. The summed E-state index contributed by atoms with van der Waals surface area (Å²) in [5.41, 5.74) is -0.565. The summed E-state index contributed by atoms with van der Waals surface area (Å²) < 4.78 is 38.1. The molecule has 0 saturated heterocycles. The van der Waals surface area contributed by atoms with Crippen molar-refractivity contribution in [1.82, 2.24) is 5.32 Å². The molecule has 0 saturated carbocycles. The summed E-state index contributed by atoms with van der Waals surface area (Å²) in [6.07, 6.45) is -4.64. The minimum atomic E-state index is -4.64. The molecule has 0 aliphatic carbocycles. The van der Waals surface area contributed by atoms with Crippen LogP contribution in [0.1, 0.15) is 22.0 Å². The molecule has 1 aliphatic heterocycles. The zero-order valence-electron chi connectivity index (χ0n) is 8.71. The topological polar surface area (TPSA) is 78.4 Å². The molecule has 8 heteroatoms. The quantitative estimate of drug-likeness (QED) is 0.723. The van der Waals surface area contributed by atoms with E-state index >= 15 is 0 Å². The maximum atomic E-state index is 12.7. The Labute approximate surface area is 98.6 Å². The Bertz CT molecular complexity index is 528. The largest absolute Gasteiger partial charge is 0.478 e. The Kier molecular flexibility index (Phi) is 2.64. The first kappa shape index (κ1) is 12.2. The molecule has 1 atom stereocenters. The lowest BCUT2D eigenvalue weighted by atomic mass is 10.00. The number of carbonyl (C=O) groups is 2. The number of carboxylic acid groups (broad SMARTS) is 1. The number of benzene rings is 1. The van der Waals surface area contributed by atoms with Crippen molar-refractivity contribution < 1.29 is 27.9 Å². The number of carboxylic acids is 1. The number of aromatic carboxylic acids is 1. The predicted octanol–water partition coefficient (Wildman–Crippen LogP) is 2.12. The van der Waals surface area contributed by atoms with E-state index in [-0.39, 0.29) is 16.8 Å². The van der Waals surface area contributed by atoms with Gasteiger partial charge in [0.25, 0.3) is 0 Å².